The average Bonchev–Trinajstić information content (AvgIpc) is 2.69. The predicted octanol–water partition coefficient (Wildman–Crippen LogP) is 4.16. The Morgan fingerprint density at radius 3 is 2.48 bits per heavy atom. The van der Waals surface area contributed by atoms with Gasteiger partial charge in [-0.25, -0.2) is 0 Å². The summed E-state index contributed by atoms with van der Waals surface area (Å²) in [5.41, 5.74) is 1.13. The molecule has 1 fully saturated rings. The largest absolute Gasteiger partial charge is 0.481 e. The highest BCUT2D eigenvalue weighted by atomic mass is 16.5. The molecule has 2 N–H and O–H groups in total. The van der Waals surface area contributed by atoms with Crippen LogP contribution in [0.15, 0.2) is 54.6 Å². The fourth-order valence-electron chi connectivity index (χ4n) is 3.25. The van der Waals surface area contributed by atoms with Crippen LogP contribution in [-0.2, 0) is 4.79 Å². The van der Waals surface area contributed by atoms with Crippen LogP contribution in [0.5, 0.6) is 5.75 Å². The van der Waals surface area contributed by atoms with Crippen molar-refractivity contribution in [1.82, 2.24) is 5.32 Å². The summed E-state index contributed by atoms with van der Waals surface area (Å²) in [6, 6.07) is 16.5. The predicted molar refractivity (Wildman–Crippen MR) is 106 cm³/mol. The Hall–Kier alpha value is -2.82. The first-order chi connectivity index (χ1) is 13.1. The van der Waals surface area contributed by atoms with Crippen LogP contribution in [0, 0.1) is 0 Å². The molecule has 0 bridgehead atoms. The first-order valence-corrected chi connectivity index (χ1v) is 9.55. The van der Waals surface area contributed by atoms with E-state index in [1.54, 1.807) is 43.3 Å². The molecule has 0 aromatic heterocycles. The van der Waals surface area contributed by atoms with Crippen molar-refractivity contribution in [3.63, 3.8) is 0 Å². The minimum atomic E-state index is -0.646. The standard InChI is InChI=1S/C22H26N2O3/c1-16(27-20-13-6-3-7-14-20)21(25)24-19-12-8-9-17(15-19)22(26)23-18-10-4-2-5-11-18/h3,6-9,12-16,18H,2,4-5,10-11H2,1H3,(H,23,26)(H,24,25). The number of carbonyl (C=O) groups is 2. The van der Waals surface area contributed by atoms with Crippen LogP contribution in [0.2, 0.25) is 0 Å². The second-order valence-corrected chi connectivity index (χ2v) is 6.95. The molecule has 0 spiro atoms. The summed E-state index contributed by atoms with van der Waals surface area (Å²) in [5, 5.41) is 5.91. The van der Waals surface area contributed by atoms with Gasteiger partial charge in [-0.15, -0.1) is 0 Å². The molecule has 3 rings (SSSR count). The van der Waals surface area contributed by atoms with Gasteiger partial charge in [0, 0.05) is 17.3 Å². The molecule has 1 aliphatic rings. The average molecular weight is 366 g/mol. The second-order valence-electron chi connectivity index (χ2n) is 6.95. The van der Waals surface area contributed by atoms with Crippen LogP contribution < -0.4 is 15.4 Å². The SMILES string of the molecule is CC(Oc1ccccc1)C(=O)Nc1cccc(C(=O)NC2CCCCC2)c1. The van der Waals surface area contributed by atoms with E-state index in [2.05, 4.69) is 10.6 Å². The highest BCUT2D eigenvalue weighted by Crippen LogP contribution is 2.19. The maximum absolute atomic E-state index is 12.5. The van der Waals surface area contributed by atoms with E-state index in [4.69, 9.17) is 4.74 Å². The van der Waals surface area contributed by atoms with E-state index in [-0.39, 0.29) is 17.9 Å². The molecule has 2 aromatic rings. The third kappa shape index (κ3) is 5.58. The molecule has 1 atom stereocenters. The Morgan fingerprint density at radius 2 is 1.74 bits per heavy atom. The third-order valence-electron chi connectivity index (χ3n) is 4.76. The Bertz CT molecular complexity index is 770. The summed E-state index contributed by atoms with van der Waals surface area (Å²) in [6.07, 6.45) is 5.01. The molecule has 2 aromatic carbocycles. The topological polar surface area (TPSA) is 67.4 Å². The Labute approximate surface area is 160 Å². The number of carbonyl (C=O) groups excluding carboxylic acids is 2. The lowest BCUT2D eigenvalue weighted by Gasteiger charge is -2.22. The van der Waals surface area contributed by atoms with Gasteiger partial charge in [0.1, 0.15) is 5.75 Å². The summed E-state index contributed by atoms with van der Waals surface area (Å²) in [4.78, 5) is 24.9. The van der Waals surface area contributed by atoms with Crippen molar-refractivity contribution in [2.45, 2.75) is 51.2 Å². The Kier molecular flexibility index (Phi) is 6.47. The highest BCUT2D eigenvalue weighted by molar-refractivity contribution is 5.98. The molecular weight excluding hydrogens is 340 g/mol. The molecule has 0 heterocycles. The second kappa shape index (κ2) is 9.21. The van der Waals surface area contributed by atoms with Crippen molar-refractivity contribution in [3.8, 4) is 5.75 Å². The minimum Gasteiger partial charge on any atom is -0.481 e. The number of amides is 2. The van der Waals surface area contributed by atoms with Gasteiger partial charge < -0.3 is 15.4 Å². The van der Waals surface area contributed by atoms with Gasteiger partial charge in [-0.1, -0.05) is 43.5 Å². The van der Waals surface area contributed by atoms with E-state index in [1.807, 2.05) is 18.2 Å². The smallest absolute Gasteiger partial charge is 0.265 e. The zero-order chi connectivity index (χ0) is 19.1. The normalized spacial score (nSPS) is 15.6. The molecule has 5 heteroatoms. The molecule has 2 amide bonds. The van der Waals surface area contributed by atoms with Crippen LogP contribution in [0.3, 0.4) is 0 Å². The lowest BCUT2D eigenvalue weighted by molar-refractivity contribution is -0.122. The van der Waals surface area contributed by atoms with Crippen molar-refractivity contribution in [1.29, 1.82) is 0 Å². The van der Waals surface area contributed by atoms with E-state index < -0.39 is 6.10 Å². The molecule has 1 saturated carbocycles. The maximum atomic E-state index is 12.5. The molecule has 0 radical (unpaired) electrons. The van der Waals surface area contributed by atoms with Crippen molar-refractivity contribution >= 4 is 17.5 Å². The molecular formula is C22H26N2O3. The van der Waals surface area contributed by atoms with E-state index in [0.717, 1.165) is 12.8 Å². The first kappa shape index (κ1) is 19.0. The molecule has 5 nitrogen and oxygen atoms in total. The Morgan fingerprint density at radius 1 is 1.00 bits per heavy atom. The van der Waals surface area contributed by atoms with Crippen molar-refractivity contribution in [3.05, 3.63) is 60.2 Å². The van der Waals surface area contributed by atoms with Gasteiger partial charge in [-0.05, 0) is 50.1 Å². The van der Waals surface area contributed by atoms with Gasteiger partial charge in [0.2, 0.25) is 0 Å². The van der Waals surface area contributed by atoms with Crippen LogP contribution in [0.4, 0.5) is 5.69 Å². The quantitative estimate of drug-likeness (QED) is 0.807. The van der Waals surface area contributed by atoms with Crippen molar-refractivity contribution in [2.75, 3.05) is 5.32 Å². The summed E-state index contributed by atoms with van der Waals surface area (Å²) in [7, 11) is 0. The lowest BCUT2D eigenvalue weighted by atomic mass is 9.95. The van der Waals surface area contributed by atoms with Crippen molar-refractivity contribution in [2.24, 2.45) is 0 Å². The third-order valence-corrected chi connectivity index (χ3v) is 4.76. The lowest BCUT2D eigenvalue weighted by Crippen LogP contribution is -2.36. The number of hydrogen-bond acceptors (Lipinski definition) is 3. The summed E-state index contributed by atoms with van der Waals surface area (Å²) < 4.78 is 5.64. The first-order valence-electron chi connectivity index (χ1n) is 9.55. The van der Waals surface area contributed by atoms with Crippen LogP contribution >= 0.6 is 0 Å². The van der Waals surface area contributed by atoms with Gasteiger partial charge in [0.05, 0.1) is 0 Å². The van der Waals surface area contributed by atoms with Crippen LogP contribution in [0.25, 0.3) is 0 Å². The number of ether oxygens (including phenoxy) is 1. The summed E-state index contributed by atoms with van der Waals surface area (Å²) >= 11 is 0. The van der Waals surface area contributed by atoms with Gasteiger partial charge >= 0.3 is 0 Å². The zero-order valence-electron chi connectivity index (χ0n) is 15.6. The summed E-state index contributed by atoms with van der Waals surface area (Å²) in [5.74, 6) is 0.288. The van der Waals surface area contributed by atoms with Crippen molar-refractivity contribution < 1.29 is 14.3 Å². The monoisotopic (exact) mass is 366 g/mol. The number of rotatable bonds is 6. The molecule has 1 aliphatic carbocycles. The fourth-order valence-corrected chi connectivity index (χ4v) is 3.25. The number of nitrogens with one attached hydrogen (secondary N) is 2. The van der Waals surface area contributed by atoms with Gasteiger partial charge in [-0.3, -0.25) is 9.59 Å². The fraction of sp³-hybridized carbons (Fsp3) is 0.364. The van der Waals surface area contributed by atoms with Gasteiger partial charge in [-0.2, -0.15) is 0 Å². The van der Waals surface area contributed by atoms with Crippen LogP contribution in [-0.4, -0.2) is 24.0 Å². The van der Waals surface area contributed by atoms with E-state index in [9.17, 15) is 9.59 Å². The van der Waals surface area contributed by atoms with Gasteiger partial charge in [0.25, 0.3) is 11.8 Å². The maximum Gasteiger partial charge on any atom is 0.265 e. The van der Waals surface area contributed by atoms with Crippen LogP contribution in [0.1, 0.15) is 49.4 Å². The minimum absolute atomic E-state index is 0.0911. The Balaban J connectivity index is 1.57. The molecule has 27 heavy (non-hydrogen) atoms. The number of anilines is 1. The van der Waals surface area contributed by atoms with E-state index in [1.165, 1.54) is 19.3 Å². The molecule has 0 aliphatic heterocycles. The highest BCUT2D eigenvalue weighted by Gasteiger charge is 2.18. The van der Waals surface area contributed by atoms with E-state index in [0.29, 0.717) is 17.0 Å². The zero-order valence-corrected chi connectivity index (χ0v) is 15.6. The number of hydrogen-bond donors (Lipinski definition) is 2. The van der Waals surface area contributed by atoms with Gasteiger partial charge in [0.15, 0.2) is 6.10 Å². The molecule has 0 saturated heterocycles. The number of benzene rings is 2. The number of para-hydroxylation sites is 1. The molecule has 142 valence electrons. The molecule has 1 unspecified atom stereocenters. The summed E-state index contributed by atoms with van der Waals surface area (Å²) in [6.45, 7) is 1.70. The van der Waals surface area contributed by atoms with E-state index >= 15 is 0 Å².